The van der Waals surface area contributed by atoms with E-state index in [0.717, 1.165) is 44.3 Å². The first-order valence-electron chi connectivity index (χ1n) is 8.33. The molecule has 2 aliphatic heterocycles. The Kier molecular flexibility index (Phi) is 6.57. The Hall–Kier alpha value is -1.47. The van der Waals surface area contributed by atoms with E-state index in [-0.39, 0.29) is 35.5 Å². The number of likely N-dealkylation sites (tertiary alicyclic amines) is 1. The topological polar surface area (TPSA) is 41.6 Å². The highest BCUT2D eigenvalue weighted by Crippen LogP contribution is 2.32. The van der Waals surface area contributed by atoms with Crippen LogP contribution in [-0.2, 0) is 0 Å². The molecule has 0 spiro atoms. The quantitative estimate of drug-likeness (QED) is 0.871. The second-order valence-electron chi connectivity index (χ2n) is 6.36. The highest BCUT2D eigenvalue weighted by molar-refractivity contribution is 5.95. The summed E-state index contributed by atoms with van der Waals surface area (Å²) in [5.74, 6) is -0.371. The second kappa shape index (κ2) is 8.27. The van der Waals surface area contributed by atoms with Gasteiger partial charge in [0.05, 0.1) is 0 Å². The average molecular weight is 379 g/mol. The fourth-order valence-corrected chi connectivity index (χ4v) is 3.43. The number of halogens is 4. The lowest BCUT2D eigenvalue weighted by molar-refractivity contribution is -0.274. The summed E-state index contributed by atoms with van der Waals surface area (Å²) in [6.07, 6.45) is -1.21. The SMILES string of the molecule is Cl.O=C(c1cc(OC(F)(F)F)cc(C2CCNCC2)c1)N1CCCC1. The molecule has 0 saturated carbocycles. The maximum absolute atomic E-state index is 12.6. The van der Waals surface area contributed by atoms with Gasteiger partial charge in [-0.3, -0.25) is 4.79 Å². The number of carbonyl (C=O) groups excluding carboxylic acids is 1. The number of rotatable bonds is 3. The Morgan fingerprint density at radius 3 is 2.36 bits per heavy atom. The van der Waals surface area contributed by atoms with Crippen LogP contribution in [0, 0.1) is 0 Å². The lowest BCUT2D eigenvalue weighted by Gasteiger charge is -2.25. The third-order valence-corrected chi connectivity index (χ3v) is 4.61. The molecule has 0 aromatic heterocycles. The van der Waals surface area contributed by atoms with E-state index in [2.05, 4.69) is 10.1 Å². The van der Waals surface area contributed by atoms with Crippen molar-refractivity contribution in [2.24, 2.45) is 0 Å². The maximum Gasteiger partial charge on any atom is 0.573 e. The summed E-state index contributed by atoms with van der Waals surface area (Å²) in [5.41, 5.74) is 1.04. The van der Waals surface area contributed by atoms with E-state index in [0.29, 0.717) is 13.1 Å². The molecule has 140 valence electrons. The number of ether oxygens (including phenoxy) is 1. The number of alkyl halides is 3. The van der Waals surface area contributed by atoms with Crippen molar-refractivity contribution in [1.82, 2.24) is 10.2 Å². The van der Waals surface area contributed by atoms with Crippen LogP contribution >= 0.6 is 12.4 Å². The van der Waals surface area contributed by atoms with Crippen LogP contribution in [-0.4, -0.2) is 43.3 Å². The van der Waals surface area contributed by atoms with Gasteiger partial charge in [0.1, 0.15) is 5.75 Å². The molecule has 2 aliphatic rings. The lowest BCUT2D eigenvalue weighted by Crippen LogP contribution is -2.29. The van der Waals surface area contributed by atoms with E-state index >= 15 is 0 Å². The highest BCUT2D eigenvalue weighted by atomic mass is 35.5. The van der Waals surface area contributed by atoms with E-state index < -0.39 is 6.36 Å². The third-order valence-electron chi connectivity index (χ3n) is 4.61. The number of hydrogen-bond donors (Lipinski definition) is 1. The zero-order chi connectivity index (χ0) is 17.2. The first kappa shape index (κ1) is 19.8. The maximum atomic E-state index is 12.6. The number of amides is 1. The van der Waals surface area contributed by atoms with E-state index in [1.807, 2.05) is 0 Å². The fourth-order valence-electron chi connectivity index (χ4n) is 3.43. The van der Waals surface area contributed by atoms with Gasteiger partial charge < -0.3 is 15.0 Å². The number of nitrogens with zero attached hydrogens (tertiary/aromatic N) is 1. The van der Waals surface area contributed by atoms with Gasteiger partial charge in [-0.1, -0.05) is 0 Å². The Labute approximate surface area is 151 Å². The number of nitrogens with one attached hydrogen (secondary N) is 1. The largest absolute Gasteiger partial charge is 0.573 e. The van der Waals surface area contributed by atoms with Crippen molar-refractivity contribution in [2.45, 2.75) is 38.0 Å². The van der Waals surface area contributed by atoms with Crippen LogP contribution in [0.15, 0.2) is 18.2 Å². The van der Waals surface area contributed by atoms with Crippen LogP contribution in [0.4, 0.5) is 13.2 Å². The molecule has 3 rings (SSSR count). The van der Waals surface area contributed by atoms with Crippen molar-refractivity contribution in [3.05, 3.63) is 29.3 Å². The molecule has 0 bridgehead atoms. The Morgan fingerprint density at radius 2 is 1.76 bits per heavy atom. The molecule has 1 aromatic rings. The van der Waals surface area contributed by atoms with Crippen LogP contribution in [0.3, 0.4) is 0 Å². The number of hydrogen-bond acceptors (Lipinski definition) is 3. The summed E-state index contributed by atoms with van der Waals surface area (Å²) in [5, 5.41) is 3.23. The van der Waals surface area contributed by atoms with Crippen molar-refractivity contribution < 1.29 is 22.7 Å². The first-order chi connectivity index (χ1) is 11.4. The molecular weight excluding hydrogens is 357 g/mol. The molecule has 1 amide bonds. The standard InChI is InChI=1S/C17H21F3N2O2.ClH/c18-17(19,20)24-15-10-13(12-3-5-21-6-4-12)9-14(11-15)16(23)22-7-1-2-8-22;/h9-12,21H,1-8H2;1H. The van der Waals surface area contributed by atoms with E-state index in [1.54, 1.807) is 11.0 Å². The van der Waals surface area contributed by atoms with Crippen LogP contribution in [0.5, 0.6) is 5.75 Å². The van der Waals surface area contributed by atoms with Crippen molar-refractivity contribution in [1.29, 1.82) is 0 Å². The molecule has 1 aromatic carbocycles. The Balaban J connectivity index is 0.00000225. The average Bonchev–Trinajstić information content (AvgIpc) is 3.07. The summed E-state index contributed by atoms with van der Waals surface area (Å²) in [7, 11) is 0. The van der Waals surface area contributed by atoms with Crippen molar-refractivity contribution >= 4 is 18.3 Å². The summed E-state index contributed by atoms with van der Waals surface area (Å²) in [6, 6.07) is 4.36. The zero-order valence-corrected chi connectivity index (χ0v) is 14.6. The molecule has 0 aliphatic carbocycles. The molecule has 4 nitrogen and oxygen atoms in total. The van der Waals surface area contributed by atoms with Gasteiger partial charge in [0, 0.05) is 18.7 Å². The molecule has 2 saturated heterocycles. The summed E-state index contributed by atoms with van der Waals surface area (Å²) in [6.45, 7) is 2.96. The molecule has 0 radical (unpaired) electrons. The summed E-state index contributed by atoms with van der Waals surface area (Å²) < 4.78 is 42.0. The molecule has 0 atom stereocenters. The van der Waals surface area contributed by atoms with Crippen molar-refractivity contribution in [3.8, 4) is 5.75 Å². The van der Waals surface area contributed by atoms with Gasteiger partial charge in [-0.05, 0) is 68.5 Å². The van der Waals surface area contributed by atoms with Crippen LogP contribution in [0.25, 0.3) is 0 Å². The van der Waals surface area contributed by atoms with Gasteiger partial charge in [-0.2, -0.15) is 0 Å². The predicted octanol–water partition coefficient (Wildman–Crippen LogP) is 3.71. The van der Waals surface area contributed by atoms with Crippen molar-refractivity contribution in [2.75, 3.05) is 26.2 Å². The van der Waals surface area contributed by atoms with Gasteiger partial charge in [0.15, 0.2) is 0 Å². The zero-order valence-electron chi connectivity index (χ0n) is 13.8. The molecule has 0 unspecified atom stereocenters. The number of benzene rings is 1. The predicted molar refractivity (Wildman–Crippen MR) is 90.4 cm³/mol. The van der Waals surface area contributed by atoms with E-state index in [9.17, 15) is 18.0 Å². The first-order valence-corrected chi connectivity index (χ1v) is 8.33. The summed E-state index contributed by atoms with van der Waals surface area (Å²) in [4.78, 5) is 14.3. The van der Waals surface area contributed by atoms with E-state index in [1.165, 1.54) is 12.1 Å². The molecule has 8 heteroatoms. The monoisotopic (exact) mass is 378 g/mol. The van der Waals surface area contributed by atoms with Crippen LogP contribution in [0.1, 0.15) is 47.5 Å². The minimum Gasteiger partial charge on any atom is -0.406 e. The van der Waals surface area contributed by atoms with Gasteiger partial charge >= 0.3 is 6.36 Å². The second-order valence-corrected chi connectivity index (χ2v) is 6.36. The Morgan fingerprint density at radius 1 is 1.12 bits per heavy atom. The number of carbonyl (C=O) groups is 1. The lowest BCUT2D eigenvalue weighted by atomic mass is 9.89. The molecule has 2 heterocycles. The molecular formula is C17H22ClF3N2O2. The van der Waals surface area contributed by atoms with Gasteiger partial charge in [-0.15, -0.1) is 25.6 Å². The smallest absolute Gasteiger partial charge is 0.406 e. The van der Waals surface area contributed by atoms with Crippen molar-refractivity contribution in [3.63, 3.8) is 0 Å². The van der Waals surface area contributed by atoms with Gasteiger partial charge in [-0.25, -0.2) is 0 Å². The van der Waals surface area contributed by atoms with Gasteiger partial charge in [0.2, 0.25) is 0 Å². The number of piperidine rings is 1. The third kappa shape index (κ3) is 5.25. The van der Waals surface area contributed by atoms with Gasteiger partial charge in [0.25, 0.3) is 5.91 Å². The fraction of sp³-hybridized carbons (Fsp3) is 0.588. The Bertz CT molecular complexity index is 598. The van der Waals surface area contributed by atoms with Crippen LogP contribution in [0.2, 0.25) is 0 Å². The summed E-state index contributed by atoms with van der Waals surface area (Å²) >= 11 is 0. The minimum absolute atomic E-state index is 0. The molecule has 25 heavy (non-hydrogen) atoms. The minimum atomic E-state index is -4.76. The molecule has 2 fully saturated rings. The molecule has 1 N–H and O–H groups in total. The van der Waals surface area contributed by atoms with Crippen LogP contribution < -0.4 is 10.1 Å². The normalized spacial score (nSPS) is 18.8. The van der Waals surface area contributed by atoms with E-state index in [4.69, 9.17) is 0 Å². The highest BCUT2D eigenvalue weighted by Gasteiger charge is 2.32.